The second-order valence-corrected chi connectivity index (χ2v) is 6.75. The van der Waals surface area contributed by atoms with Crippen LogP contribution in [0.4, 0.5) is 4.39 Å². The maximum Gasteiger partial charge on any atom is 0.243 e. The first kappa shape index (κ1) is 15.1. The maximum atomic E-state index is 13.6. The molecule has 0 aliphatic heterocycles. The average molecular weight is 362 g/mol. The highest BCUT2D eigenvalue weighted by Crippen LogP contribution is 2.19. The van der Waals surface area contributed by atoms with Crippen molar-refractivity contribution < 1.29 is 12.8 Å². The summed E-state index contributed by atoms with van der Waals surface area (Å²) >= 11 is 3.08. The third kappa shape index (κ3) is 3.87. The van der Waals surface area contributed by atoms with Crippen LogP contribution in [0, 0.1) is 5.82 Å². The summed E-state index contributed by atoms with van der Waals surface area (Å²) in [5.41, 5.74) is 0. The van der Waals surface area contributed by atoms with Crippen LogP contribution in [-0.2, 0) is 16.6 Å². The molecule has 108 valence electrons. The molecule has 0 atom stereocenters. The minimum Gasteiger partial charge on any atom is -0.273 e. The molecule has 20 heavy (non-hydrogen) atoms. The molecule has 0 aliphatic rings. The zero-order valence-electron chi connectivity index (χ0n) is 10.5. The zero-order chi connectivity index (χ0) is 14.6. The first-order valence-corrected chi connectivity index (χ1v) is 8.19. The molecule has 0 bridgehead atoms. The van der Waals surface area contributed by atoms with Crippen molar-refractivity contribution in [2.75, 3.05) is 6.54 Å². The van der Waals surface area contributed by atoms with E-state index in [0.717, 1.165) is 6.07 Å². The molecule has 0 amide bonds. The van der Waals surface area contributed by atoms with Gasteiger partial charge in [-0.25, -0.2) is 17.5 Å². The van der Waals surface area contributed by atoms with Crippen LogP contribution < -0.4 is 4.72 Å². The van der Waals surface area contributed by atoms with Crippen molar-refractivity contribution in [3.05, 3.63) is 46.9 Å². The molecule has 0 radical (unpaired) electrons. The maximum absolute atomic E-state index is 13.6. The molecule has 1 aromatic carbocycles. The lowest BCUT2D eigenvalue weighted by Crippen LogP contribution is -2.26. The molecule has 1 heterocycles. The second-order valence-electron chi connectivity index (χ2n) is 4.10. The van der Waals surface area contributed by atoms with Crippen LogP contribution in [0.1, 0.15) is 6.42 Å². The summed E-state index contributed by atoms with van der Waals surface area (Å²) in [5.74, 6) is -0.779. The van der Waals surface area contributed by atoms with Crippen LogP contribution in [-0.4, -0.2) is 24.7 Å². The van der Waals surface area contributed by atoms with Gasteiger partial charge in [-0.3, -0.25) is 4.68 Å². The van der Waals surface area contributed by atoms with Crippen LogP contribution in [0.5, 0.6) is 0 Å². The van der Waals surface area contributed by atoms with Gasteiger partial charge < -0.3 is 0 Å². The van der Waals surface area contributed by atoms with Crippen molar-refractivity contribution in [3.63, 3.8) is 0 Å². The van der Waals surface area contributed by atoms with Crippen molar-refractivity contribution in [3.8, 4) is 0 Å². The van der Waals surface area contributed by atoms with Crippen molar-refractivity contribution in [2.45, 2.75) is 17.9 Å². The van der Waals surface area contributed by atoms with Crippen molar-refractivity contribution in [1.82, 2.24) is 14.5 Å². The van der Waals surface area contributed by atoms with Crippen LogP contribution >= 0.6 is 15.9 Å². The van der Waals surface area contributed by atoms with E-state index in [0.29, 0.717) is 17.4 Å². The highest BCUT2D eigenvalue weighted by molar-refractivity contribution is 9.10. The number of aromatic nitrogens is 2. The Balaban J connectivity index is 1.93. The standard InChI is InChI=1S/C12H13BrFN3O2S/c13-10-3-4-12(11(14)9-10)20(18,19)16-6-2-8-17-7-1-5-15-17/h1,3-5,7,9,16H,2,6,8H2. The summed E-state index contributed by atoms with van der Waals surface area (Å²) in [5, 5.41) is 4.01. The molecule has 0 aliphatic carbocycles. The van der Waals surface area contributed by atoms with Gasteiger partial charge in [0.25, 0.3) is 0 Å². The molecule has 0 spiro atoms. The third-order valence-electron chi connectivity index (χ3n) is 2.60. The number of hydrogen-bond donors (Lipinski definition) is 1. The summed E-state index contributed by atoms with van der Waals surface area (Å²) in [6, 6.07) is 5.64. The molecule has 0 fully saturated rings. The monoisotopic (exact) mass is 361 g/mol. The van der Waals surface area contributed by atoms with Gasteiger partial charge in [0, 0.05) is 30.0 Å². The van der Waals surface area contributed by atoms with Crippen LogP contribution in [0.3, 0.4) is 0 Å². The highest BCUT2D eigenvalue weighted by atomic mass is 79.9. The highest BCUT2D eigenvalue weighted by Gasteiger charge is 2.18. The van der Waals surface area contributed by atoms with Crippen LogP contribution in [0.2, 0.25) is 0 Å². The fraction of sp³-hybridized carbons (Fsp3) is 0.250. The predicted octanol–water partition coefficient (Wildman–Crippen LogP) is 2.15. The molecule has 0 saturated carbocycles. The van der Waals surface area contributed by atoms with Gasteiger partial charge in [-0.15, -0.1) is 0 Å². The van der Waals surface area contributed by atoms with Gasteiger partial charge in [-0.1, -0.05) is 15.9 Å². The van der Waals surface area contributed by atoms with Gasteiger partial charge in [0.15, 0.2) is 0 Å². The lowest BCUT2D eigenvalue weighted by molar-refractivity contribution is 0.541. The summed E-state index contributed by atoms with van der Waals surface area (Å²) in [6.07, 6.45) is 4.02. The Morgan fingerprint density at radius 2 is 2.20 bits per heavy atom. The summed E-state index contributed by atoms with van der Waals surface area (Å²) in [6.45, 7) is 0.816. The predicted molar refractivity (Wildman–Crippen MR) is 76.1 cm³/mol. The molecule has 1 N–H and O–H groups in total. The number of halogens is 2. The molecule has 2 rings (SSSR count). The number of nitrogens with one attached hydrogen (secondary N) is 1. The Hall–Kier alpha value is -1.25. The van der Waals surface area contributed by atoms with E-state index in [4.69, 9.17) is 0 Å². The first-order valence-electron chi connectivity index (χ1n) is 5.91. The molecule has 8 heteroatoms. The number of sulfonamides is 1. The normalized spacial score (nSPS) is 11.7. The number of rotatable bonds is 6. The van der Waals surface area contributed by atoms with Crippen molar-refractivity contribution >= 4 is 26.0 Å². The van der Waals surface area contributed by atoms with E-state index in [1.54, 1.807) is 23.1 Å². The van der Waals surface area contributed by atoms with Crippen LogP contribution in [0.25, 0.3) is 0 Å². The van der Waals surface area contributed by atoms with E-state index < -0.39 is 15.8 Å². The Morgan fingerprint density at radius 3 is 2.85 bits per heavy atom. The number of benzene rings is 1. The number of aryl methyl sites for hydroxylation is 1. The molecule has 1 aromatic heterocycles. The molecule has 5 nitrogen and oxygen atoms in total. The largest absolute Gasteiger partial charge is 0.273 e. The Kier molecular flexibility index (Phi) is 4.90. The van der Waals surface area contributed by atoms with Gasteiger partial charge in [0.1, 0.15) is 10.7 Å². The summed E-state index contributed by atoms with van der Waals surface area (Å²) in [4.78, 5) is -0.347. The van der Waals surface area contributed by atoms with E-state index in [1.165, 1.54) is 12.1 Å². The van der Waals surface area contributed by atoms with Gasteiger partial charge >= 0.3 is 0 Å². The van der Waals surface area contributed by atoms with E-state index in [9.17, 15) is 12.8 Å². The van der Waals surface area contributed by atoms with Crippen LogP contribution in [0.15, 0.2) is 46.0 Å². The topological polar surface area (TPSA) is 64.0 Å². The molecule has 0 saturated heterocycles. The number of hydrogen-bond acceptors (Lipinski definition) is 3. The fourth-order valence-electron chi connectivity index (χ4n) is 1.65. The quantitative estimate of drug-likeness (QED) is 0.801. The van der Waals surface area contributed by atoms with E-state index >= 15 is 0 Å². The molecule has 2 aromatic rings. The van der Waals surface area contributed by atoms with Gasteiger partial charge in [-0.2, -0.15) is 5.10 Å². The van der Waals surface area contributed by atoms with Crippen molar-refractivity contribution in [1.29, 1.82) is 0 Å². The SMILES string of the molecule is O=S(=O)(NCCCn1cccn1)c1ccc(Br)cc1F. The molecule has 0 unspecified atom stereocenters. The summed E-state index contributed by atoms with van der Waals surface area (Å²) < 4.78 is 42.1. The van der Waals surface area contributed by atoms with Gasteiger partial charge in [-0.05, 0) is 30.7 Å². The Morgan fingerprint density at radius 1 is 1.40 bits per heavy atom. The fourth-order valence-corrected chi connectivity index (χ4v) is 3.12. The lowest BCUT2D eigenvalue weighted by atomic mass is 10.3. The zero-order valence-corrected chi connectivity index (χ0v) is 12.9. The second kappa shape index (κ2) is 6.47. The molecular weight excluding hydrogens is 349 g/mol. The van der Waals surface area contributed by atoms with Gasteiger partial charge in [0.2, 0.25) is 10.0 Å². The molecular formula is C12H13BrFN3O2S. The minimum absolute atomic E-state index is 0.220. The lowest BCUT2D eigenvalue weighted by Gasteiger charge is -2.08. The van der Waals surface area contributed by atoms with E-state index in [2.05, 4.69) is 25.8 Å². The first-order chi connectivity index (χ1) is 9.49. The third-order valence-corrected chi connectivity index (χ3v) is 4.59. The Bertz CT molecular complexity index is 674. The Labute approximate surface area is 125 Å². The smallest absolute Gasteiger partial charge is 0.243 e. The average Bonchev–Trinajstić information content (AvgIpc) is 2.87. The van der Waals surface area contributed by atoms with E-state index in [1.807, 2.05) is 0 Å². The van der Waals surface area contributed by atoms with Gasteiger partial charge in [0.05, 0.1) is 0 Å². The summed E-state index contributed by atoms with van der Waals surface area (Å²) in [7, 11) is -3.82. The number of nitrogens with zero attached hydrogens (tertiary/aromatic N) is 2. The van der Waals surface area contributed by atoms with E-state index in [-0.39, 0.29) is 11.4 Å². The minimum atomic E-state index is -3.82. The van der Waals surface area contributed by atoms with Crippen molar-refractivity contribution in [2.24, 2.45) is 0 Å².